The first-order valence-corrected chi connectivity index (χ1v) is 6.24. The number of H-pyrrole nitrogens is 1. The molecule has 0 aromatic carbocycles. The summed E-state index contributed by atoms with van der Waals surface area (Å²) in [7, 11) is 0. The van der Waals surface area contributed by atoms with Crippen molar-refractivity contribution in [2.24, 2.45) is 0 Å². The Balaban J connectivity index is 1.73. The number of aromatic nitrogens is 4. The number of pyridine rings is 1. The minimum Gasteiger partial charge on any atom is -0.345 e. The SMILES string of the molecule is O=C(Cc1cccnc1)NC(=O)c1c[nH]c2ncncc12. The second-order valence-corrected chi connectivity index (χ2v) is 4.40. The van der Waals surface area contributed by atoms with Gasteiger partial charge in [-0.3, -0.25) is 19.9 Å². The largest absolute Gasteiger partial charge is 0.345 e. The summed E-state index contributed by atoms with van der Waals surface area (Å²) in [6.07, 6.45) is 7.72. The third kappa shape index (κ3) is 2.76. The lowest BCUT2D eigenvalue weighted by molar-refractivity contribution is -0.119. The molecule has 0 radical (unpaired) electrons. The van der Waals surface area contributed by atoms with E-state index < -0.39 is 5.91 Å². The first-order valence-electron chi connectivity index (χ1n) is 6.24. The highest BCUT2D eigenvalue weighted by Crippen LogP contribution is 2.14. The molecule has 0 spiro atoms. The first kappa shape index (κ1) is 12.9. The van der Waals surface area contributed by atoms with Crippen LogP contribution in [0.15, 0.2) is 43.2 Å². The molecular formula is C14H11N5O2. The van der Waals surface area contributed by atoms with E-state index in [0.29, 0.717) is 16.6 Å². The van der Waals surface area contributed by atoms with Crippen molar-refractivity contribution in [2.45, 2.75) is 6.42 Å². The molecule has 2 amide bonds. The van der Waals surface area contributed by atoms with Crippen LogP contribution >= 0.6 is 0 Å². The zero-order valence-electron chi connectivity index (χ0n) is 10.9. The second-order valence-electron chi connectivity index (χ2n) is 4.40. The predicted octanol–water partition coefficient (Wildman–Crippen LogP) is 0.852. The lowest BCUT2D eigenvalue weighted by Crippen LogP contribution is -2.31. The molecule has 3 aromatic heterocycles. The maximum absolute atomic E-state index is 12.1. The smallest absolute Gasteiger partial charge is 0.260 e. The molecule has 7 nitrogen and oxygen atoms in total. The van der Waals surface area contributed by atoms with E-state index in [2.05, 4.69) is 25.3 Å². The van der Waals surface area contributed by atoms with Crippen LogP contribution in [-0.2, 0) is 11.2 Å². The zero-order valence-corrected chi connectivity index (χ0v) is 10.9. The number of fused-ring (bicyclic) bond motifs is 1. The number of amides is 2. The minimum absolute atomic E-state index is 0.0957. The summed E-state index contributed by atoms with van der Waals surface area (Å²) in [6.45, 7) is 0. The summed E-state index contributed by atoms with van der Waals surface area (Å²) in [5.74, 6) is -0.871. The molecule has 0 aliphatic rings. The molecule has 0 saturated carbocycles. The summed E-state index contributed by atoms with van der Waals surface area (Å²) >= 11 is 0. The summed E-state index contributed by atoms with van der Waals surface area (Å²) in [4.78, 5) is 38.6. The molecule has 2 N–H and O–H groups in total. The number of hydrogen-bond acceptors (Lipinski definition) is 5. The van der Waals surface area contributed by atoms with Gasteiger partial charge in [0.05, 0.1) is 12.0 Å². The van der Waals surface area contributed by atoms with Gasteiger partial charge in [0.1, 0.15) is 12.0 Å². The fourth-order valence-electron chi connectivity index (χ4n) is 1.97. The Morgan fingerprint density at radius 1 is 1.24 bits per heavy atom. The van der Waals surface area contributed by atoms with E-state index in [-0.39, 0.29) is 12.3 Å². The fraction of sp³-hybridized carbons (Fsp3) is 0.0714. The van der Waals surface area contributed by atoms with Crippen molar-refractivity contribution >= 4 is 22.8 Å². The number of rotatable bonds is 3. The van der Waals surface area contributed by atoms with E-state index in [0.717, 1.165) is 5.56 Å². The molecule has 3 heterocycles. The van der Waals surface area contributed by atoms with E-state index in [4.69, 9.17) is 0 Å². The summed E-state index contributed by atoms with van der Waals surface area (Å²) in [5, 5.41) is 2.92. The van der Waals surface area contributed by atoms with Gasteiger partial charge in [0.25, 0.3) is 5.91 Å². The van der Waals surface area contributed by atoms with Gasteiger partial charge in [-0.2, -0.15) is 0 Å². The van der Waals surface area contributed by atoms with Crippen LogP contribution in [0.25, 0.3) is 11.0 Å². The molecule has 0 saturated heterocycles. The Bertz CT molecular complexity index is 797. The van der Waals surface area contributed by atoms with Crippen LogP contribution in [0.5, 0.6) is 0 Å². The average molecular weight is 281 g/mol. The first-order chi connectivity index (χ1) is 10.2. The minimum atomic E-state index is -0.482. The molecule has 0 unspecified atom stereocenters. The molecule has 0 aliphatic carbocycles. The maximum atomic E-state index is 12.1. The van der Waals surface area contributed by atoms with Crippen LogP contribution in [0.4, 0.5) is 0 Å². The molecule has 3 aromatic rings. The van der Waals surface area contributed by atoms with Gasteiger partial charge in [0, 0.05) is 30.2 Å². The Labute approximate surface area is 119 Å². The second kappa shape index (κ2) is 5.49. The van der Waals surface area contributed by atoms with Crippen molar-refractivity contribution in [3.8, 4) is 0 Å². The normalized spacial score (nSPS) is 10.5. The molecule has 0 bridgehead atoms. The van der Waals surface area contributed by atoms with E-state index in [1.165, 1.54) is 18.7 Å². The summed E-state index contributed by atoms with van der Waals surface area (Å²) < 4.78 is 0. The molecular weight excluding hydrogens is 270 g/mol. The van der Waals surface area contributed by atoms with Crippen LogP contribution in [0.3, 0.4) is 0 Å². The molecule has 3 rings (SSSR count). The van der Waals surface area contributed by atoms with Crippen LogP contribution in [0.1, 0.15) is 15.9 Å². The highest BCUT2D eigenvalue weighted by atomic mass is 16.2. The topological polar surface area (TPSA) is 101 Å². The molecule has 0 atom stereocenters. The third-order valence-electron chi connectivity index (χ3n) is 2.94. The molecule has 0 aliphatic heterocycles. The monoisotopic (exact) mass is 281 g/mol. The third-order valence-corrected chi connectivity index (χ3v) is 2.94. The average Bonchev–Trinajstić information content (AvgIpc) is 2.92. The lowest BCUT2D eigenvalue weighted by Gasteiger charge is -2.03. The maximum Gasteiger partial charge on any atom is 0.260 e. The van der Waals surface area contributed by atoms with Crippen molar-refractivity contribution in [3.05, 3.63) is 54.4 Å². The number of nitrogens with zero attached hydrogens (tertiary/aromatic N) is 3. The van der Waals surface area contributed by atoms with Crippen molar-refractivity contribution in [3.63, 3.8) is 0 Å². The van der Waals surface area contributed by atoms with Gasteiger partial charge in [-0.25, -0.2) is 9.97 Å². The van der Waals surface area contributed by atoms with Gasteiger partial charge in [0.2, 0.25) is 5.91 Å². The van der Waals surface area contributed by atoms with Crippen LogP contribution in [0.2, 0.25) is 0 Å². The van der Waals surface area contributed by atoms with Gasteiger partial charge < -0.3 is 4.98 Å². The standard InChI is InChI=1S/C14H11N5O2/c20-12(4-9-2-1-3-15-5-9)19-14(21)11-7-17-13-10(11)6-16-8-18-13/h1-3,5-8H,4H2,(H,16,17,18)(H,19,20,21). The van der Waals surface area contributed by atoms with E-state index >= 15 is 0 Å². The number of imide groups is 1. The van der Waals surface area contributed by atoms with E-state index in [9.17, 15) is 9.59 Å². The number of aromatic amines is 1. The quantitative estimate of drug-likeness (QED) is 0.741. The predicted molar refractivity (Wildman–Crippen MR) is 74.3 cm³/mol. The van der Waals surface area contributed by atoms with Crippen LogP contribution in [0, 0.1) is 0 Å². The highest BCUT2D eigenvalue weighted by molar-refractivity contribution is 6.11. The summed E-state index contributed by atoms with van der Waals surface area (Å²) in [6, 6.07) is 3.51. The Morgan fingerprint density at radius 3 is 2.95 bits per heavy atom. The zero-order chi connectivity index (χ0) is 14.7. The number of carbonyl (C=O) groups excluding carboxylic acids is 2. The van der Waals surface area contributed by atoms with Gasteiger partial charge in [0.15, 0.2) is 0 Å². The van der Waals surface area contributed by atoms with Gasteiger partial charge in [-0.1, -0.05) is 6.07 Å². The van der Waals surface area contributed by atoms with Crippen molar-refractivity contribution in [1.29, 1.82) is 0 Å². The summed E-state index contributed by atoms with van der Waals surface area (Å²) in [5.41, 5.74) is 1.63. The van der Waals surface area contributed by atoms with E-state index in [1.54, 1.807) is 24.5 Å². The number of hydrogen-bond donors (Lipinski definition) is 2. The number of carbonyl (C=O) groups is 2. The van der Waals surface area contributed by atoms with Crippen LogP contribution in [-0.4, -0.2) is 31.8 Å². The molecule has 0 fully saturated rings. The van der Waals surface area contributed by atoms with Gasteiger partial charge >= 0.3 is 0 Å². The van der Waals surface area contributed by atoms with Crippen molar-refractivity contribution in [2.75, 3.05) is 0 Å². The van der Waals surface area contributed by atoms with Crippen LogP contribution < -0.4 is 5.32 Å². The molecule has 7 heteroatoms. The van der Waals surface area contributed by atoms with Crippen molar-refractivity contribution < 1.29 is 9.59 Å². The Hall–Kier alpha value is -3.09. The molecule has 104 valence electrons. The highest BCUT2D eigenvalue weighted by Gasteiger charge is 2.15. The van der Waals surface area contributed by atoms with Gasteiger partial charge in [-0.05, 0) is 11.6 Å². The number of nitrogens with one attached hydrogen (secondary N) is 2. The lowest BCUT2D eigenvalue weighted by atomic mass is 10.2. The Kier molecular flexibility index (Phi) is 3.38. The van der Waals surface area contributed by atoms with Gasteiger partial charge in [-0.15, -0.1) is 0 Å². The van der Waals surface area contributed by atoms with E-state index in [1.807, 2.05) is 0 Å². The Morgan fingerprint density at radius 2 is 2.14 bits per heavy atom. The molecule has 21 heavy (non-hydrogen) atoms. The van der Waals surface area contributed by atoms with Crippen molar-refractivity contribution in [1.82, 2.24) is 25.3 Å². The fourth-order valence-corrected chi connectivity index (χ4v) is 1.97.